The maximum Gasteiger partial charge on any atom is 0.251 e. The molecular formula is C13H20N2O3S. The van der Waals surface area contributed by atoms with E-state index < -0.39 is 10.0 Å². The molecule has 0 aromatic heterocycles. The number of benzene rings is 1. The summed E-state index contributed by atoms with van der Waals surface area (Å²) in [6.45, 7) is 3.12. The van der Waals surface area contributed by atoms with Gasteiger partial charge in [-0.2, -0.15) is 0 Å². The fraction of sp³-hybridized carbons (Fsp3) is 0.462. The lowest BCUT2D eigenvalue weighted by molar-refractivity contribution is 0.0953. The Morgan fingerprint density at radius 3 is 2.42 bits per heavy atom. The smallest absolute Gasteiger partial charge is 0.251 e. The topological polar surface area (TPSA) is 66.5 Å². The first-order chi connectivity index (χ1) is 8.95. The van der Waals surface area contributed by atoms with Gasteiger partial charge in [-0.3, -0.25) is 4.79 Å². The average Bonchev–Trinajstić information content (AvgIpc) is 2.38. The van der Waals surface area contributed by atoms with Crippen molar-refractivity contribution in [2.75, 3.05) is 25.9 Å². The number of carbonyl (C=O) groups is 1. The van der Waals surface area contributed by atoms with Crippen LogP contribution in [0.25, 0.3) is 0 Å². The van der Waals surface area contributed by atoms with Crippen LogP contribution >= 0.6 is 0 Å². The van der Waals surface area contributed by atoms with Gasteiger partial charge in [0.05, 0.1) is 6.26 Å². The molecule has 0 aliphatic heterocycles. The molecule has 1 aromatic rings. The molecule has 0 heterocycles. The van der Waals surface area contributed by atoms with E-state index in [0.717, 1.165) is 0 Å². The van der Waals surface area contributed by atoms with Crippen LogP contribution in [-0.4, -0.2) is 44.5 Å². The first-order valence-electron chi connectivity index (χ1n) is 6.23. The predicted octanol–water partition coefficient (Wildman–Crippen LogP) is 1.09. The lowest BCUT2D eigenvalue weighted by Gasteiger charge is -2.17. The zero-order valence-electron chi connectivity index (χ0n) is 11.3. The Kier molecular flexibility index (Phi) is 5.98. The summed E-state index contributed by atoms with van der Waals surface area (Å²) in [6.07, 6.45) is 1.79. The van der Waals surface area contributed by atoms with Crippen molar-refractivity contribution in [3.05, 3.63) is 35.9 Å². The molecule has 0 unspecified atom stereocenters. The second-order valence-corrected chi connectivity index (χ2v) is 6.21. The van der Waals surface area contributed by atoms with E-state index >= 15 is 0 Å². The summed E-state index contributed by atoms with van der Waals surface area (Å²) in [5.41, 5.74) is 0.609. The van der Waals surface area contributed by atoms with Crippen LogP contribution in [0.5, 0.6) is 0 Å². The highest BCUT2D eigenvalue weighted by Crippen LogP contribution is 2.00. The molecular weight excluding hydrogens is 264 g/mol. The Hall–Kier alpha value is -1.40. The van der Waals surface area contributed by atoms with Gasteiger partial charge >= 0.3 is 0 Å². The van der Waals surface area contributed by atoms with Gasteiger partial charge in [0, 0.05) is 25.2 Å². The van der Waals surface area contributed by atoms with Gasteiger partial charge in [-0.25, -0.2) is 12.7 Å². The standard InChI is InChI=1S/C13H20N2O3S/c1-3-15(19(2,17)18)11-7-10-14-13(16)12-8-5-4-6-9-12/h4-6,8-9H,3,7,10-11H2,1-2H3,(H,14,16). The third-order valence-corrected chi connectivity index (χ3v) is 4.11. The second-order valence-electron chi connectivity index (χ2n) is 4.23. The largest absolute Gasteiger partial charge is 0.352 e. The van der Waals surface area contributed by atoms with Crippen LogP contribution in [-0.2, 0) is 10.0 Å². The van der Waals surface area contributed by atoms with Crippen molar-refractivity contribution in [1.82, 2.24) is 9.62 Å². The third kappa shape index (κ3) is 5.40. The van der Waals surface area contributed by atoms with E-state index in [-0.39, 0.29) is 5.91 Å². The summed E-state index contributed by atoms with van der Waals surface area (Å²) < 4.78 is 24.1. The van der Waals surface area contributed by atoms with Gasteiger partial charge in [0.15, 0.2) is 0 Å². The molecule has 1 aromatic carbocycles. The normalized spacial score (nSPS) is 11.5. The van der Waals surface area contributed by atoms with Crippen LogP contribution in [0.15, 0.2) is 30.3 Å². The van der Waals surface area contributed by atoms with Crippen molar-refractivity contribution in [2.24, 2.45) is 0 Å². The molecule has 5 nitrogen and oxygen atoms in total. The van der Waals surface area contributed by atoms with E-state index in [4.69, 9.17) is 0 Å². The maximum absolute atomic E-state index is 11.7. The van der Waals surface area contributed by atoms with Gasteiger partial charge in [0.25, 0.3) is 5.91 Å². The Morgan fingerprint density at radius 2 is 1.89 bits per heavy atom. The predicted molar refractivity (Wildman–Crippen MR) is 75.5 cm³/mol. The van der Waals surface area contributed by atoms with Crippen molar-refractivity contribution in [3.8, 4) is 0 Å². The number of hydrogen-bond donors (Lipinski definition) is 1. The Morgan fingerprint density at radius 1 is 1.26 bits per heavy atom. The molecule has 0 aliphatic carbocycles. The molecule has 106 valence electrons. The number of nitrogens with one attached hydrogen (secondary N) is 1. The van der Waals surface area contributed by atoms with Crippen LogP contribution in [0.1, 0.15) is 23.7 Å². The minimum Gasteiger partial charge on any atom is -0.352 e. The SMILES string of the molecule is CCN(CCCNC(=O)c1ccccc1)S(C)(=O)=O. The third-order valence-electron chi connectivity index (χ3n) is 2.73. The van der Waals surface area contributed by atoms with Gasteiger partial charge in [-0.1, -0.05) is 25.1 Å². The van der Waals surface area contributed by atoms with E-state index in [0.29, 0.717) is 31.6 Å². The van der Waals surface area contributed by atoms with Crippen LogP contribution in [0.4, 0.5) is 0 Å². The Bertz CT molecular complexity index is 500. The summed E-state index contributed by atoms with van der Waals surface area (Å²) in [4.78, 5) is 11.7. The van der Waals surface area contributed by atoms with E-state index in [1.807, 2.05) is 6.07 Å². The lowest BCUT2D eigenvalue weighted by atomic mass is 10.2. The molecule has 0 radical (unpaired) electrons. The highest BCUT2D eigenvalue weighted by atomic mass is 32.2. The molecule has 0 bridgehead atoms. The van der Waals surface area contributed by atoms with E-state index in [1.165, 1.54) is 10.6 Å². The van der Waals surface area contributed by atoms with Crippen molar-refractivity contribution in [2.45, 2.75) is 13.3 Å². The zero-order chi connectivity index (χ0) is 14.3. The molecule has 1 rings (SSSR count). The molecule has 0 fully saturated rings. The molecule has 19 heavy (non-hydrogen) atoms. The van der Waals surface area contributed by atoms with Crippen molar-refractivity contribution in [3.63, 3.8) is 0 Å². The fourth-order valence-electron chi connectivity index (χ4n) is 1.71. The monoisotopic (exact) mass is 284 g/mol. The minimum absolute atomic E-state index is 0.136. The molecule has 1 N–H and O–H groups in total. The molecule has 0 spiro atoms. The summed E-state index contributed by atoms with van der Waals surface area (Å²) in [7, 11) is -3.15. The first kappa shape index (κ1) is 15.7. The Labute approximate surface area is 114 Å². The number of amides is 1. The van der Waals surface area contributed by atoms with Crippen molar-refractivity contribution in [1.29, 1.82) is 0 Å². The molecule has 1 amide bonds. The number of sulfonamides is 1. The van der Waals surface area contributed by atoms with Crippen LogP contribution in [0, 0.1) is 0 Å². The minimum atomic E-state index is -3.15. The number of carbonyl (C=O) groups excluding carboxylic acids is 1. The maximum atomic E-state index is 11.7. The molecule has 6 heteroatoms. The lowest BCUT2D eigenvalue weighted by Crippen LogP contribution is -2.33. The van der Waals surface area contributed by atoms with Crippen molar-refractivity contribution >= 4 is 15.9 Å². The Balaban J connectivity index is 2.34. The quantitative estimate of drug-likeness (QED) is 0.762. The summed E-state index contributed by atoms with van der Waals surface area (Å²) in [5.74, 6) is -0.136. The van der Waals surface area contributed by atoms with Crippen LogP contribution < -0.4 is 5.32 Å². The fourth-order valence-corrected chi connectivity index (χ4v) is 2.64. The first-order valence-corrected chi connectivity index (χ1v) is 8.08. The molecule has 0 atom stereocenters. The second kappa shape index (κ2) is 7.25. The number of hydrogen-bond acceptors (Lipinski definition) is 3. The number of rotatable bonds is 7. The van der Waals surface area contributed by atoms with Gasteiger partial charge < -0.3 is 5.32 Å². The van der Waals surface area contributed by atoms with E-state index in [9.17, 15) is 13.2 Å². The van der Waals surface area contributed by atoms with Gasteiger partial charge in [0.2, 0.25) is 10.0 Å². The van der Waals surface area contributed by atoms with Gasteiger partial charge in [-0.05, 0) is 18.6 Å². The van der Waals surface area contributed by atoms with Gasteiger partial charge in [-0.15, -0.1) is 0 Å². The van der Waals surface area contributed by atoms with Crippen LogP contribution in [0.2, 0.25) is 0 Å². The molecule has 0 aliphatic rings. The zero-order valence-corrected chi connectivity index (χ0v) is 12.1. The highest BCUT2D eigenvalue weighted by molar-refractivity contribution is 7.88. The average molecular weight is 284 g/mol. The number of nitrogens with zero attached hydrogens (tertiary/aromatic N) is 1. The van der Waals surface area contributed by atoms with Gasteiger partial charge in [0.1, 0.15) is 0 Å². The van der Waals surface area contributed by atoms with Crippen LogP contribution in [0.3, 0.4) is 0 Å². The van der Waals surface area contributed by atoms with E-state index in [2.05, 4.69) is 5.32 Å². The molecule has 0 saturated carbocycles. The summed E-state index contributed by atoms with van der Waals surface area (Å²) in [6, 6.07) is 8.94. The highest BCUT2D eigenvalue weighted by Gasteiger charge is 2.13. The summed E-state index contributed by atoms with van der Waals surface area (Å²) >= 11 is 0. The van der Waals surface area contributed by atoms with Crippen molar-refractivity contribution < 1.29 is 13.2 Å². The van der Waals surface area contributed by atoms with E-state index in [1.54, 1.807) is 31.2 Å². The molecule has 0 saturated heterocycles. The summed E-state index contributed by atoms with van der Waals surface area (Å²) in [5, 5.41) is 2.77.